The molecule has 1 aromatic heterocycles. The Morgan fingerprint density at radius 3 is 3.11 bits per heavy atom. The van der Waals surface area contributed by atoms with Crippen molar-refractivity contribution in [3.05, 3.63) is 18.0 Å². The van der Waals surface area contributed by atoms with E-state index in [4.69, 9.17) is 0 Å². The third-order valence-electron chi connectivity index (χ3n) is 4.20. The van der Waals surface area contributed by atoms with Crippen LogP contribution in [-0.2, 0) is 13.1 Å². The van der Waals surface area contributed by atoms with Crippen LogP contribution in [0.4, 0.5) is 0 Å². The van der Waals surface area contributed by atoms with E-state index in [0.717, 1.165) is 32.4 Å². The largest absolute Gasteiger partial charge is 0.394 e. The van der Waals surface area contributed by atoms with Gasteiger partial charge < -0.3 is 10.4 Å². The minimum Gasteiger partial charge on any atom is -0.394 e. The summed E-state index contributed by atoms with van der Waals surface area (Å²) in [6.45, 7) is 6.45. The van der Waals surface area contributed by atoms with Crippen LogP contribution < -0.4 is 5.32 Å². The van der Waals surface area contributed by atoms with Crippen molar-refractivity contribution in [3.63, 3.8) is 0 Å². The maximum Gasteiger partial charge on any atom is 0.0613 e. The standard InChI is InChI=1S/C15H27N3O/c1-3-7-18-11-14(10-17-18)9-16-15(12-19)6-4-5-13(2)8-15/h10-11,13,16,19H,3-9,12H2,1-2H3. The van der Waals surface area contributed by atoms with Crippen LogP contribution in [0.3, 0.4) is 0 Å². The van der Waals surface area contributed by atoms with Crippen LogP contribution in [0.15, 0.2) is 12.4 Å². The third kappa shape index (κ3) is 3.80. The molecule has 0 radical (unpaired) electrons. The van der Waals surface area contributed by atoms with Crippen molar-refractivity contribution in [3.8, 4) is 0 Å². The molecule has 0 amide bonds. The van der Waals surface area contributed by atoms with Crippen LogP contribution in [-0.4, -0.2) is 27.0 Å². The van der Waals surface area contributed by atoms with Gasteiger partial charge in [-0.05, 0) is 25.2 Å². The van der Waals surface area contributed by atoms with Crippen molar-refractivity contribution in [2.24, 2.45) is 5.92 Å². The molecule has 2 N–H and O–H groups in total. The summed E-state index contributed by atoms with van der Waals surface area (Å²) in [5.41, 5.74) is 1.13. The Kier molecular flexibility index (Phi) is 4.99. The van der Waals surface area contributed by atoms with Gasteiger partial charge in [-0.1, -0.05) is 26.7 Å². The summed E-state index contributed by atoms with van der Waals surface area (Å²) in [6.07, 6.45) is 9.80. The highest BCUT2D eigenvalue weighted by molar-refractivity contribution is 5.05. The monoisotopic (exact) mass is 265 g/mol. The molecule has 1 heterocycles. The van der Waals surface area contributed by atoms with Crippen LogP contribution in [0.1, 0.15) is 51.5 Å². The molecule has 1 aliphatic rings. The average molecular weight is 265 g/mol. The molecule has 4 heteroatoms. The minimum absolute atomic E-state index is 0.0788. The first-order valence-corrected chi connectivity index (χ1v) is 7.54. The topological polar surface area (TPSA) is 50.1 Å². The van der Waals surface area contributed by atoms with E-state index in [0.29, 0.717) is 5.92 Å². The molecular formula is C15H27N3O. The molecule has 2 rings (SSSR count). The Balaban J connectivity index is 1.91. The molecule has 1 aliphatic carbocycles. The van der Waals surface area contributed by atoms with Gasteiger partial charge in [0.05, 0.1) is 12.8 Å². The molecule has 0 aromatic carbocycles. The zero-order chi connectivity index (χ0) is 13.7. The fraction of sp³-hybridized carbons (Fsp3) is 0.800. The third-order valence-corrected chi connectivity index (χ3v) is 4.20. The highest BCUT2D eigenvalue weighted by atomic mass is 16.3. The van der Waals surface area contributed by atoms with E-state index in [2.05, 4.69) is 30.5 Å². The van der Waals surface area contributed by atoms with Gasteiger partial charge in [-0.15, -0.1) is 0 Å². The molecule has 1 saturated carbocycles. The Labute approximate surface area is 116 Å². The molecule has 0 aliphatic heterocycles. The first-order valence-electron chi connectivity index (χ1n) is 7.54. The molecule has 2 unspecified atom stereocenters. The summed E-state index contributed by atoms with van der Waals surface area (Å²) < 4.78 is 1.99. The van der Waals surface area contributed by atoms with Gasteiger partial charge in [-0.25, -0.2) is 0 Å². The normalized spacial score (nSPS) is 27.6. The fourth-order valence-electron chi connectivity index (χ4n) is 3.16. The number of aryl methyl sites for hydroxylation is 1. The van der Waals surface area contributed by atoms with Gasteiger partial charge >= 0.3 is 0 Å². The molecular weight excluding hydrogens is 238 g/mol. The molecule has 1 fully saturated rings. The molecule has 0 spiro atoms. The van der Waals surface area contributed by atoms with Crippen molar-refractivity contribution in [2.75, 3.05) is 6.61 Å². The quantitative estimate of drug-likeness (QED) is 0.830. The van der Waals surface area contributed by atoms with Crippen molar-refractivity contribution in [1.29, 1.82) is 0 Å². The summed E-state index contributed by atoms with van der Waals surface area (Å²) in [5, 5.41) is 17.7. The van der Waals surface area contributed by atoms with Crippen molar-refractivity contribution >= 4 is 0 Å². The smallest absolute Gasteiger partial charge is 0.0613 e. The lowest BCUT2D eigenvalue weighted by atomic mass is 9.77. The fourth-order valence-corrected chi connectivity index (χ4v) is 3.16. The van der Waals surface area contributed by atoms with E-state index < -0.39 is 0 Å². The SMILES string of the molecule is CCCn1cc(CNC2(CO)CCCC(C)C2)cn1. The van der Waals surface area contributed by atoms with Gasteiger partial charge in [0.2, 0.25) is 0 Å². The molecule has 0 bridgehead atoms. The summed E-state index contributed by atoms with van der Waals surface area (Å²) in [5.74, 6) is 0.705. The van der Waals surface area contributed by atoms with Crippen LogP contribution in [0.25, 0.3) is 0 Å². The number of hydrogen-bond acceptors (Lipinski definition) is 3. The lowest BCUT2D eigenvalue weighted by Crippen LogP contribution is -2.51. The maximum absolute atomic E-state index is 9.74. The number of nitrogens with one attached hydrogen (secondary N) is 1. The zero-order valence-electron chi connectivity index (χ0n) is 12.2. The second-order valence-electron chi connectivity index (χ2n) is 6.11. The average Bonchev–Trinajstić information content (AvgIpc) is 2.85. The Morgan fingerprint density at radius 2 is 2.42 bits per heavy atom. The zero-order valence-corrected chi connectivity index (χ0v) is 12.2. The molecule has 108 valence electrons. The maximum atomic E-state index is 9.74. The van der Waals surface area contributed by atoms with Crippen LogP contribution >= 0.6 is 0 Å². The minimum atomic E-state index is -0.0788. The molecule has 0 saturated heterocycles. The van der Waals surface area contributed by atoms with Gasteiger partial charge in [0.25, 0.3) is 0 Å². The number of rotatable bonds is 6. The summed E-state index contributed by atoms with van der Waals surface area (Å²) in [7, 11) is 0. The van der Waals surface area contributed by atoms with Crippen molar-refractivity contribution in [1.82, 2.24) is 15.1 Å². The van der Waals surface area contributed by atoms with E-state index >= 15 is 0 Å². The van der Waals surface area contributed by atoms with Gasteiger partial charge in [-0.2, -0.15) is 5.10 Å². The van der Waals surface area contributed by atoms with Gasteiger partial charge in [0, 0.05) is 30.4 Å². The number of aromatic nitrogens is 2. The van der Waals surface area contributed by atoms with Gasteiger partial charge in [0.1, 0.15) is 0 Å². The highest BCUT2D eigenvalue weighted by Crippen LogP contribution is 2.32. The number of aliphatic hydroxyl groups excluding tert-OH is 1. The second-order valence-corrected chi connectivity index (χ2v) is 6.11. The van der Waals surface area contributed by atoms with Crippen LogP contribution in [0, 0.1) is 5.92 Å². The van der Waals surface area contributed by atoms with Gasteiger partial charge in [-0.3, -0.25) is 4.68 Å². The van der Waals surface area contributed by atoms with Crippen LogP contribution in [0.5, 0.6) is 0 Å². The summed E-state index contributed by atoms with van der Waals surface area (Å²) in [6, 6.07) is 0. The van der Waals surface area contributed by atoms with Crippen LogP contribution in [0.2, 0.25) is 0 Å². The summed E-state index contributed by atoms with van der Waals surface area (Å²) in [4.78, 5) is 0. The van der Waals surface area contributed by atoms with E-state index in [1.807, 2.05) is 10.9 Å². The Hall–Kier alpha value is -0.870. The molecule has 4 nitrogen and oxygen atoms in total. The van der Waals surface area contributed by atoms with E-state index in [1.165, 1.54) is 18.4 Å². The molecule has 19 heavy (non-hydrogen) atoms. The number of nitrogens with zero attached hydrogens (tertiary/aromatic N) is 2. The number of hydrogen-bond donors (Lipinski definition) is 2. The lowest BCUT2D eigenvalue weighted by molar-refractivity contribution is 0.0982. The van der Waals surface area contributed by atoms with Gasteiger partial charge in [0.15, 0.2) is 0 Å². The predicted molar refractivity (Wildman–Crippen MR) is 76.8 cm³/mol. The predicted octanol–water partition coefficient (Wildman–Crippen LogP) is 2.32. The molecule has 2 atom stereocenters. The Bertz CT molecular complexity index is 390. The summed E-state index contributed by atoms with van der Waals surface area (Å²) >= 11 is 0. The lowest BCUT2D eigenvalue weighted by Gasteiger charge is -2.39. The first kappa shape index (κ1) is 14.5. The Morgan fingerprint density at radius 1 is 1.58 bits per heavy atom. The van der Waals surface area contributed by atoms with E-state index in [-0.39, 0.29) is 12.1 Å². The highest BCUT2D eigenvalue weighted by Gasteiger charge is 2.33. The van der Waals surface area contributed by atoms with Crippen molar-refractivity contribution < 1.29 is 5.11 Å². The number of aliphatic hydroxyl groups is 1. The van der Waals surface area contributed by atoms with E-state index in [9.17, 15) is 5.11 Å². The second kappa shape index (κ2) is 6.53. The first-order chi connectivity index (χ1) is 9.17. The van der Waals surface area contributed by atoms with E-state index in [1.54, 1.807) is 0 Å². The van der Waals surface area contributed by atoms with Crippen molar-refractivity contribution in [2.45, 2.75) is 64.6 Å². The molecule has 1 aromatic rings.